The topological polar surface area (TPSA) is 51.0 Å². The van der Waals surface area contributed by atoms with Crippen LogP contribution in [0.4, 0.5) is 0 Å². The molecule has 1 N–H and O–H groups in total. The molecule has 0 bridgehead atoms. The summed E-state index contributed by atoms with van der Waals surface area (Å²) in [5.41, 5.74) is 1.01. The van der Waals surface area contributed by atoms with Gasteiger partial charge in [-0.05, 0) is 37.1 Å². The molecule has 100 valence electrons. The zero-order valence-corrected chi connectivity index (χ0v) is 11.7. The summed E-state index contributed by atoms with van der Waals surface area (Å²) < 4.78 is 5.29. The monoisotopic (exact) mass is 297 g/mol. The van der Waals surface area contributed by atoms with Crippen LogP contribution in [-0.2, 0) is 6.42 Å². The van der Waals surface area contributed by atoms with Gasteiger partial charge in [0.1, 0.15) is 0 Å². The maximum Gasteiger partial charge on any atom is 0.243 e. The molecule has 2 heterocycles. The van der Waals surface area contributed by atoms with Gasteiger partial charge in [-0.3, -0.25) is 0 Å². The summed E-state index contributed by atoms with van der Waals surface area (Å²) in [5, 5.41) is 8.43. The van der Waals surface area contributed by atoms with E-state index in [2.05, 4.69) is 15.5 Å². The van der Waals surface area contributed by atoms with Crippen LogP contribution in [0.25, 0.3) is 0 Å². The van der Waals surface area contributed by atoms with Crippen molar-refractivity contribution in [2.75, 3.05) is 6.54 Å². The molecule has 0 unspecified atom stereocenters. The largest absolute Gasteiger partial charge is 0.338 e. The Hall–Kier alpha value is -1.10. The molecule has 0 radical (unpaired) electrons. The minimum Gasteiger partial charge on any atom is -0.338 e. The first-order chi connectivity index (χ1) is 9.22. The predicted octanol–water partition coefficient (Wildman–Crippen LogP) is 3.39. The molecule has 1 atom stereocenters. The lowest BCUT2D eigenvalue weighted by atomic mass is 10.1. The molecular weight excluding hydrogens is 285 g/mol. The normalized spacial score (nSPS) is 18.9. The maximum atomic E-state index is 5.98. The molecule has 1 aromatic carbocycles. The van der Waals surface area contributed by atoms with Gasteiger partial charge in [0.05, 0.1) is 16.1 Å². The van der Waals surface area contributed by atoms with E-state index in [0.29, 0.717) is 28.2 Å². The van der Waals surface area contributed by atoms with Gasteiger partial charge in [0.25, 0.3) is 0 Å². The molecule has 4 nitrogen and oxygen atoms in total. The first kappa shape index (κ1) is 12.9. The maximum absolute atomic E-state index is 5.98. The number of hydrogen-bond acceptors (Lipinski definition) is 4. The summed E-state index contributed by atoms with van der Waals surface area (Å²) in [5.74, 6) is 1.34. The summed E-state index contributed by atoms with van der Waals surface area (Å²) in [4.78, 5) is 4.42. The summed E-state index contributed by atoms with van der Waals surface area (Å²) in [6.45, 7) is 1.01. The van der Waals surface area contributed by atoms with E-state index < -0.39 is 0 Å². The Labute approximate surface area is 121 Å². The molecule has 2 aromatic rings. The number of halogens is 2. The fraction of sp³-hybridized carbons (Fsp3) is 0.385. The zero-order chi connectivity index (χ0) is 13.2. The Morgan fingerprint density at radius 2 is 2.21 bits per heavy atom. The summed E-state index contributed by atoms with van der Waals surface area (Å²) in [7, 11) is 0. The van der Waals surface area contributed by atoms with Crippen molar-refractivity contribution in [3.63, 3.8) is 0 Å². The van der Waals surface area contributed by atoms with Crippen LogP contribution >= 0.6 is 23.2 Å². The average molecular weight is 298 g/mol. The number of hydrogen-bond donors (Lipinski definition) is 1. The minimum absolute atomic E-state index is 0.204. The van der Waals surface area contributed by atoms with Crippen molar-refractivity contribution in [1.29, 1.82) is 0 Å². The first-order valence-corrected chi connectivity index (χ1v) is 6.98. The van der Waals surface area contributed by atoms with E-state index in [1.807, 2.05) is 12.1 Å². The number of nitrogens with one attached hydrogen (secondary N) is 1. The third kappa shape index (κ3) is 2.91. The van der Waals surface area contributed by atoms with Crippen molar-refractivity contribution in [2.45, 2.75) is 25.3 Å². The molecule has 1 aliphatic heterocycles. The van der Waals surface area contributed by atoms with Crippen LogP contribution < -0.4 is 5.32 Å². The highest BCUT2D eigenvalue weighted by molar-refractivity contribution is 6.42. The average Bonchev–Trinajstić information content (AvgIpc) is 3.04. The summed E-state index contributed by atoms with van der Waals surface area (Å²) in [6.07, 6.45) is 2.79. The van der Waals surface area contributed by atoms with Crippen LogP contribution in [0.5, 0.6) is 0 Å². The fourth-order valence-corrected chi connectivity index (χ4v) is 2.53. The van der Waals surface area contributed by atoms with Crippen LogP contribution in [0.2, 0.25) is 10.0 Å². The molecule has 1 saturated heterocycles. The van der Waals surface area contributed by atoms with E-state index in [0.717, 1.165) is 24.9 Å². The Bertz CT molecular complexity index is 579. The van der Waals surface area contributed by atoms with Crippen LogP contribution in [-0.4, -0.2) is 16.7 Å². The van der Waals surface area contributed by atoms with Gasteiger partial charge in [0, 0.05) is 6.42 Å². The smallest absolute Gasteiger partial charge is 0.243 e. The fourth-order valence-electron chi connectivity index (χ4n) is 2.21. The van der Waals surface area contributed by atoms with Gasteiger partial charge >= 0.3 is 0 Å². The van der Waals surface area contributed by atoms with Crippen molar-refractivity contribution >= 4 is 23.2 Å². The van der Waals surface area contributed by atoms with Gasteiger partial charge < -0.3 is 9.84 Å². The second-order valence-electron chi connectivity index (χ2n) is 4.62. The van der Waals surface area contributed by atoms with E-state index in [-0.39, 0.29) is 6.04 Å². The molecule has 0 amide bonds. The van der Waals surface area contributed by atoms with Crippen molar-refractivity contribution < 1.29 is 4.52 Å². The molecule has 1 aliphatic rings. The van der Waals surface area contributed by atoms with Gasteiger partial charge in [-0.1, -0.05) is 34.4 Å². The van der Waals surface area contributed by atoms with Gasteiger partial charge in [-0.25, -0.2) is 0 Å². The van der Waals surface area contributed by atoms with Crippen LogP contribution in [0.3, 0.4) is 0 Å². The summed E-state index contributed by atoms with van der Waals surface area (Å²) in [6, 6.07) is 5.72. The Kier molecular flexibility index (Phi) is 3.73. The Balaban J connectivity index is 1.74. The third-order valence-electron chi connectivity index (χ3n) is 3.19. The van der Waals surface area contributed by atoms with Crippen molar-refractivity contribution in [2.24, 2.45) is 0 Å². The lowest BCUT2D eigenvalue weighted by Crippen LogP contribution is -2.13. The second kappa shape index (κ2) is 5.49. The quantitative estimate of drug-likeness (QED) is 0.943. The third-order valence-corrected chi connectivity index (χ3v) is 3.93. The van der Waals surface area contributed by atoms with E-state index in [4.69, 9.17) is 27.7 Å². The van der Waals surface area contributed by atoms with E-state index in [9.17, 15) is 0 Å². The van der Waals surface area contributed by atoms with Gasteiger partial charge in [-0.15, -0.1) is 0 Å². The number of rotatable bonds is 3. The SMILES string of the molecule is Clc1ccc(Cc2noc([C@H]3CCCN3)n2)cc1Cl. The Morgan fingerprint density at radius 1 is 1.32 bits per heavy atom. The highest BCUT2D eigenvalue weighted by atomic mass is 35.5. The highest BCUT2D eigenvalue weighted by Gasteiger charge is 2.22. The highest BCUT2D eigenvalue weighted by Crippen LogP contribution is 2.24. The second-order valence-corrected chi connectivity index (χ2v) is 5.44. The van der Waals surface area contributed by atoms with Gasteiger partial charge in [-0.2, -0.15) is 4.98 Å². The van der Waals surface area contributed by atoms with Gasteiger partial charge in [0.2, 0.25) is 5.89 Å². The van der Waals surface area contributed by atoms with E-state index in [1.165, 1.54) is 0 Å². The van der Waals surface area contributed by atoms with E-state index >= 15 is 0 Å². The predicted molar refractivity (Wildman–Crippen MR) is 73.5 cm³/mol. The molecule has 19 heavy (non-hydrogen) atoms. The molecule has 6 heteroatoms. The van der Waals surface area contributed by atoms with Gasteiger partial charge in [0.15, 0.2) is 5.82 Å². The zero-order valence-electron chi connectivity index (χ0n) is 10.2. The molecule has 1 fully saturated rings. The number of nitrogens with zero attached hydrogens (tertiary/aromatic N) is 2. The van der Waals surface area contributed by atoms with Crippen molar-refractivity contribution in [3.05, 3.63) is 45.5 Å². The molecule has 0 aliphatic carbocycles. The Morgan fingerprint density at radius 3 is 2.95 bits per heavy atom. The molecule has 1 aromatic heterocycles. The van der Waals surface area contributed by atoms with Crippen molar-refractivity contribution in [1.82, 2.24) is 15.5 Å². The molecule has 0 spiro atoms. The van der Waals surface area contributed by atoms with Crippen molar-refractivity contribution in [3.8, 4) is 0 Å². The lowest BCUT2D eigenvalue weighted by Gasteiger charge is -2.01. The molecule has 0 saturated carbocycles. The minimum atomic E-state index is 0.204. The molecule has 3 rings (SSSR count). The number of aromatic nitrogens is 2. The van der Waals surface area contributed by atoms with Crippen LogP contribution in [0.1, 0.15) is 36.2 Å². The lowest BCUT2D eigenvalue weighted by molar-refractivity contribution is 0.341. The number of benzene rings is 1. The molecular formula is C13H13Cl2N3O. The van der Waals surface area contributed by atoms with Crippen LogP contribution in [0.15, 0.2) is 22.7 Å². The standard InChI is InChI=1S/C13H13Cl2N3O/c14-9-4-3-8(6-10(9)15)7-12-17-13(19-18-12)11-2-1-5-16-11/h3-4,6,11,16H,1-2,5,7H2/t11-/m1/s1. The van der Waals surface area contributed by atoms with E-state index in [1.54, 1.807) is 6.07 Å². The van der Waals surface area contributed by atoms with Crippen LogP contribution in [0, 0.1) is 0 Å². The summed E-state index contributed by atoms with van der Waals surface area (Å²) >= 11 is 11.9. The first-order valence-electron chi connectivity index (χ1n) is 6.22.